The topological polar surface area (TPSA) is 127 Å². The van der Waals surface area contributed by atoms with Gasteiger partial charge in [0.05, 0.1) is 11.1 Å². The molecule has 9 heteroatoms. The average molecular weight is 499 g/mol. The van der Waals surface area contributed by atoms with Gasteiger partial charge in [-0.1, -0.05) is 45.0 Å². The first-order valence-corrected chi connectivity index (χ1v) is 13.0. The van der Waals surface area contributed by atoms with Crippen molar-refractivity contribution in [2.24, 2.45) is 0 Å². The Bertz CT molecular complexity index is 1170. The van der Waals surface area contributed by atoms with Crippen molar-refractivity contribution >= 4 is 21.5 Å². The maximum atomic E-state index is 12.7. The van der Waals surface area contributed by atoms with Crippen LogP contribution in [0.15, 0.2) is 71.8 Å². The Kier molecular flexibility index (Phi) is 8.71. The summed E-state index contributed by atoms with van der Waals surface area (Å²) >= 11 is 0. The van der Waals surface area contributed by atoms with Crippen molar-refractivity contribution in [1.82, 2.24) is 10.3 Å². The van der Waals surface area contributed by atoms with Gasteiger partial charge in [-0.25, -0.2) is 13.4 Å². The summed E-state index contributed by atoms with van der Waals surface area (Å²) in [5.41, 5.74) is 8.12. The molecule has 0 aliphatic heterocycles. The number of nitrogens with two attached hydrogens (primary N) is 1. The van der Waals surface area contributed by atoms with Crippen molar-refractivity contribution in [1.29, 1.82) is 0 Å². The molecule has 0 fully saturated rings. The zero-order chi connectivity index (χ0) is 25.5. The number of nitrogens with one attached hydrogen (secondary N) is 2. The van der Waals surface area contributed by atoms with Crippen LogP contribution in [0.3, 0.4) is 0 Å². The first kappa shape index (κ1) is 26.5. The number of aromatic nitrogens is 1. The average Bonchev–Trinajstić information content (AvgIpc) is 2.82. The summed E-state index contributed by atoms with van der Waals surface area (Å²) in [5.74, 6) is 0.965. The third kappa shape index (κ3) is 8.24. The molecule has 0 aliphatic rings. The Morgan fingerprint density at radius 3 is 2.31 bits per heavy atom. The quantitative estimate of drug-likeness (QED) is 0.299. The van der Waals surface area contributed by atoms with Crippen LogP contribution < -0.4 is 20.5 Å². The summed E-state index contributed by atoms with van der Waals surface area (Å²) in [6, 6.07) is 17.6. The minimum Gasteiger partial charge on any atom is -0.489 e. The largest absolute Gasteiger partial charge is 0.489 e. The molecule has 0 amide bonds. The van der Waals surface area contributed by atoms with Crippen LogP contribution in [0.25, 0.3) is 0 Å². The molecule has 0 radical (unpaired) electrons. The maximum absolute atomic E-state index is 12.7. The van der Waals surface area contributed by atoms with E-state index in [4.69, 9.17) is 10.5 Å². The van der Waals surface area contributed by atoms with Gasteiger partial charge in [-0.2, -0.15) is 0 Å². The first-order chi connectivity index (χ1) is 16.5. The third-order valence-corrected chi connectivity index (χ3v) is 6.81. The van der Waals surface area contributed by atoms with Crippen LogP contribution in [0.1, 0.15) is 31.9 Å². The van der Waals surface area contributed by atoms with E-state index in [9.17, 15) is 13.5 Å². The maximum Gasteiger partial charge on any atom is 0.261 e. The number of nitrogen functional groups attached to an aromatic ring is 1. The minimum atomic E-state index is -3.66. The highest BCUT2D eigenvalue weighted by Crippen LogP contribution is 2.24. The molecule has 0 aliphatic carbocycles. The van der Waals surface area contributed by atoms with Crippen LogP contribution in [-0.2, 0) is 21.9 Å². The molecule has 0 saturated carbocycles. The number of sulfonamides is 1. The van der Waals surface area contributed by atoms with Crippen LogP contribution in [0, 0.1) is 0 Å². The van der Waals surface area contributed by atoms with Crippen LogP contribution in [0.2, 0.25) is 0 Å². The van der Waals surface area contributed by atoms with E-state index in [2.05, 4.69) is 35.8 Å². The summed E-state index contributed by atoms with van der Waals surface area (Å²) < 4.78 is 33.5. The highest BCUT2D eigenvalue weighted by atomic mass is 32.2. The number of nitrogens with zero attached hydrogens (tertiary/aromatic N) is 1. The smallest absolute Gasteiger partial charge is 0.261 e. The number of hydrogen-bond donors (Lipinski definition) is 4. The van der Waals surface area contributed by atoms with Gasteiger partial charge in [-0.05, 0) is 65.9 Å². The van der Waals surface area contributed by atoms with Crippen molar-refractivity contribution in [3.63, 3.8) is 0 Å². The number of aliphatic hydroxyl groups excluding tert-OH is 1. The molecule has 2 aromatic carbocycles. The summed E-state index contributed by atoms with van der Waals surface area (Å²) in [5, 5.41) is 13.2. The number of anilines is 2. The van der Waals surface area contributed by atoms with Gasteiger partial charge >= 0.3 is 0 Å². The normalized spacial score (nSPS) is 12.8. The second kappa shape index (κ2) is 11.5. The van der Waals surface area contributed by atoms with Crippen molar-refractivity contribution in [2.75, 3.05) is 30.2 Å². The molecule has 1 heterocycles. The lowest BCUT2D eigenvalue weighted by atomic mass is 9.87. The molecule has 3 rings (SSSR count). The Labute approximate surface area is 207 Å². The van der Waals surface area contributed by atoms with Gasteiger partial charge in [0.15, 0.2) is 0 Å². The van der Waals surface area contributed by atoms with E-state index in [1.165, 1.54) is 6.20 Å². The molecule has 0 unspecified atom stereocenters. The lowest BCUT2D eigenvalue weighted by Crippen LogP contribution is -2.32. The Balaban J connectivity index is 1.42. The SMILES string of the molecule is CC(C)(C)c1ccc(S(=O)(=O)Nc2ccc(CCNC[C@H](O)COc3ccc(N)nc3)cc2)cc1. The van der Waals surface area contributed by atoms with E-state index in [0.717, 1.165) is 17.5 Å². The molecular formula is C26H34N4O4S. The number of hydrogen-bond acceptors (Lipinski definition) is 7. The fourth-order valence-corrected chi connectivity index (χ4v) is 4.38. The predicted octanol–water partition coefficient (Wildman–Crippen LogP) is 3.33. The van der Waals surface area contributed by atoms with Crippen molar-refractivity contribution in [3.05, 3.63) is 78.0 Å². The number of benzene rings is 2. The van der Waals surface area contributed by atoms with E-state index in [0.29, 0.717) is 30.3 Å². The van der Waals surface area contributed by atoms with E-state index in [-0.39, 0.29) is 16.9 Å². The molecule has 188 valence electrons. The van der Waals surface area contributed by atoms with Gasteiger partial charge in [-0.15, -0.1) is 0 Å². The third-order valence-electron chi connectivity index (χ3n) is 5.41. The van der Waals surface area contributed by atoms with Gasteiger partial charge in [0.25, 0.3) is 10.0 Å². The second-order valence-electron chi connectivity index (χ2n) is 9.41. The molecule has 0 bridgehead atoms. The standard InChI is InChI=1S/C26H34N4O4S/c1-26(2,3)20-6-11-24(12-7-20)35(32,33)30-21-8-4-19(5-9-21)14-15-28-16-22(31)18-34-23-10-13-25(27)29-17-23/h4-13,17,22,28,30-31H,14-16,18H2,1-3H3,(H2,27,29)/t22-/m0/s1. The molecule has 0 saturated heterocycles. The zero-order valence-corrected chi connectivity index (χ0v) is 21.2. The van der Waals surface area contributed by atoms with Crippen molar-refractivity contribution < 1.29 is 18.3 Å². The highest BCUT2D eigenvalue weighted by Gasteiger charge is 2.17. The van der Waals surface area contributed by atoms with Crippen molar-refractivity contribution in [3.8, 4) is 5.75 Å². The minimum absolute atomic E-state index is 0.0401. The first-order valence-electron chi connectivity index (χ1n) is 11.5. The number of rotatable bonds is 11. The van der Waals surface area contributed by atoms with E-state index in [1.54, 1.807) is 36.4 Å². The Hall–Kier alpha value is -3.14. The fraction of sp³-hybridized carbons (Fsp3) is 0.346. The monoisotopic (exact) mass is 498 g/mol. The Morgan fingerprint density at radius 2 is 1.71 bits per heavy atom. The van der Waals surface area contributed by atoms with E-state index >= 15 is 0 Å². The molecule has 1 atom stereocenters. The predicted molar refractivity (Wildman–Crippen MR) is 139 cm³/mol. The molecule has 5 N–H and O–H groups in total. The summed E-state index contributed by atoms with van der Waals surface area (Å²) in [4.78, 5) is 4.17. The molecule has 8 nitrogen and oxygen atoms in total. The van der Waals surface area contributed by atoms with Crippen LogP contribution in [0.5, 0.6) is 5.75 Å². The number of pyridine rings is 1. The van der Waals surface area contributed by atoms with Crippen molar-refractivity contribution in [2.45, 2.75) is 43.6 Å². The van der Waals surface area contributed by atoms with Gasteiger partial charge < -0.3 is 20.9 Å². The lowest BCUT2D eigenvalue weighted by Gasteiger charge is -2.19. The highest BCUT2D eigenvalue weighted by molar-refractivity contribution is 7.92. The van der Waals surface area contributed by atoms with E-state index < -0.39 is 16.1 Å². The van der Waals surface area contributed by atoms with Crippen LogP contribution >= 0.6 is 0 Å². The summed E-state index contributed by atoms with van der Waals surface area (Å²) in [7, 11) is -3.66. The van der Waals surface area contributed by atoms with E-state index in [1.807, 2.05) is 24.3 Å². The fourth-order valence-electron chi connectivity index (χ4n) is 3.32. The number of ether oxygens (including phenoxy) is 1. The molecule has 0 spiro atoms. The zero-order valence-electron chi connectivity index (χ0n) is 20.4. The van der Waals surface area contributed by atoms with Gasteiger partial charge in [0, 0.05) is 12.2 Å². The van der Waals surface area contributed by atoms with Crippen LogP contribution in [-0.4, -0.2) is 44.3 Å². The molecular weight excluding hydrogens is 464 g/mol. The van der Waals surface area contributed by atoms with Gasteiger partial charge in [-0.3, -0.25) is 4.72 Å². The summed E-state index contributed by atoms with van der Waals surface area (Å²) in [6.45, 7) is 7.45. The summed E-state index contributed by atoms with van der Waals surface area (Å²) in [6.07, 6.45) is 1.58. The van der Waals surface area contributed by atoms with Crippen LogP contribution in [0.4, 0.5) is 11.5 Å². The van der Waals surface area contributed by atoms with Gasteiger partial charge in [0.2, 0.25) is 0 Å². The molecule has 35 heavy (non-hydrogen) atoms. The van der Waals surface area contributed by atoms with Gasteiger partial charge in [0.1, 0.15) is 24.3 Å². The number of aliphatic hydroxyl groups is 1. The Morgan fingerprint density at radius 1 is 1.03 bits per heavy atom. The lowest BCUT2D eigenvalue weighted by molar-refractivity contribution is 0.106. The molecule has 1 aromatic heterocycles. The molecule has 3 aromatic rings. The second-order valence-corrected chi connectivity index (χ2v) is 11.1.